The molecule has 0 fully saturated rings. The number of aryl methyl sites for hydroxylation is 1. The Balaban J connectivity index is 2.16. The molecule has 0 aliphatic heterocycles. The molecule has 0 saturated heterocycles. The van der Waals surface area contributed by atoms with E-state index in [4.69, 9.17) is 0 Å². The molecule has 70 valence electrons. The van der Waals surface area contributed by atoms with E-state index >= 15 is 0 Å². The third-order valence-corrected chi connectivity index (χ3v) is 3.89. The first-order valence-electron chi connectivity index (χ1n) is 4.50. The van der Waals surface area contributed by atoms with E-state index in [1.807, 2.05) is 18.3 Å². The van der Waals surface area contributed by atoms with Gasteiger partial charge in [0, 0.05) is 0 Å². The Morgan fingerprint density at radius 1 is 1.00 bits per heavy atom. The topological polar surface area (TPSA) is 12.9 Å². The van der Waals surface area contributed by atoms with E-state index in [1.165, 1.54) is 14.6 Å². The molecule has 2 rings (SSSR count). The normalized spacial score (nSPS) is 10.1. The van der Waals surface area contributed by atoms with Gasteiger partial charge in [0.1, 0.15) is 0 Å². The molecule has 0 aliphatic rings. The number of rotatable bonds is 2. The van der Waals surface area contributed by atoms with E-state index in [9.17, 15) is 0 Å². The van der Waals surface area contributed by atoms with Crippen molar-refractivity contribution in [3.63, 3.8) is 0 Å². The average molecular weight is 248 g/mol. The van der Waals surface area contributed by atoms with Crippen molar-refractivity contribution in [1.82, 2.24) is 4.98 Å². The molecule has 0 amide bonds. The molecule has 0 atom stereocenters. The minimum atomic E-state index is 0.342. The van der Waals surface area contributed by atoms with E-state index in [-0.39, 0.29) is 0 Å². The minimum absolute atomic E-state index is 0.342. The molecule has 0 unspecified atom stereocenters. The van der Waals surface area contributed by atoms with Gasteiger partial charge in [0.15, 0.2) is 0 Å². The zero-order chi connectivity index (χ0) is 9.80. The van der Waals surface area contributed by atoms with Gasteiger partial charge < -0.3 is 0 Å². The van der Waals surface area contributed by atoms with Crippen molar-refractivity contribution >= 4 is 24.0 Å². The molecule has 0 saturated carbocycles. The van der Waals surface area contributed by atoms with Crippen LogP contribution in [0.2, 0.25) is 0 Å². The van der Waals surface area contributed by atoms with Gasteiger partial charge in [-0.05, 0) is 0 Å². The molecule has 2 heteroatoms. The van der Waals surface area contributed by atoms with Crippen LogP contribution in [0.1, 0.15) is 5.56 Å². The van der Waals surface area contributed by atoms with Gasteiger partial charge in [-0.15, -0.1) is 0 Å². The first-order valence-corrected chi connectivity index (χ1v) is 6.21. The van der Waals surface area contributed by atoms with Gasteiger partial charge in [-0.3, -0.25) is 0 Å². The van der Waals surface area contributed by atoms with Crippen LogP contribution in [-0.4, -0.2) is 19.9 Å². The van der Waals surface area contributed by atoms with Crippen LogP contribution in [-0.2, 0) is 0 Å². The van der Waals surface area contributed by atoms with Crippen molar-refractivity contribution in [1.29, 1.82) is 0 Å². The Labute approximate surface area is 90.4 Å². The quantitative estimate of drug-likeness (QED) is 0.724. The van der Waals surface area contributed by atoms with Gasteiger partial charge in [0.2, 0.25) is 0 Å². The van der Waals surface area contributed by atoms with E-state index in [0.29, 0.717) is 15.0 Å². The average Bonchev–Trinajstić information content (AvgIpc) is 2.23. The monoisotopic (exact) mass is 249 g/mol. The van der Waals surface area contributed by atoms with Crippen molar-refractivity contribution < 1.29 is 0 Å². The molecule has 1 aromatic carbocycles. The summed E-state index contributed by atoms with van der Waals surface area (Å²) < 4.78 is 2.56. The van der Waals surface area contributed by atoms with Crippen molar-refractivity contribution in [2.45, 2.75) is 6.92 Å². The maximum atomic E-state index is 4.32. The van der Waals surface area contributed by atoms with Crippen LogP contribution in [0.15, 0.2) is 48.7 Å². The second-order valence-electron chi connectivity index (χ2n) is 3.08. The molecule has 0 aliphatic carbocycles. The fourth-order valence-electron chi connectivity index (χ4n) is 1.13. The summed E-state index contributed by atoms with van der Waals surface area (Å²) in [5.41, 5.74) is 1.31. The van der Waals surface area contributed by atoms with Gasteiger partial charge in [0.05, 0.1) is 0 Å². The summed E-state index contributed by atoms with van der Waals surface area (Å²) >= 11 is 0.342. The van der Waals surface area contributed by atoms with E-state index < -0.39 is 0 Å². The summed E-state index contributed by atoms with van der Waals surface area (Å²) in [5, 5.41) is 0. The van der Waals surface area contributed by atoms with Crippen molar-refractivity contribution in [3.8, 4) is 0 Å². The van der Waals surface area contributed by atoms with Crippen molar-refractivity contribution in [3.05, 3.63) is 54.2 Å². The zero-order valence-electron chi connectivity index (χ0n) is 7.97. The first kappa shape index (κ1) is 9.44. The van der Waals surface area contributed by atoms with Crippen LogP contribution in [0.4, 0.5) is 0 Å². The second-order valence-corrected chi connectivity index (χ2v) is 5.38. The van der Waals surface area contributed by atoms with Gasteiger partial charge in [-0.25, -0.2) is 0 Å². The van der Waals surface area contributed by atoms with E-state index in [1.54, 1.807) is 0 Å². The summed E-state index contributed by atoms with van der Waals surface area (Å²) in [4.78, 5) is 4.32. The molecule has 1 aromatic heterocycles. The van der Waals surface area contributed by atoms with Gasteiger partial charge in [0.25, 0.3) is 0 Å². The molecular formula is C12H11NSe. The summed E-state index contributed by atoms with van der Waals surface area (Å²) in [6.45, 7) is 2.11. The Kier molecular flexibility index (Phi) is 2.97. The molecule has 0 N–H and O–H groups in total. The molecule has 1 heterocycles. The van der Waals surface area contributed by atoms with Crippen LogP contribution >= 0.6 is 0 Å². The molecular weight excluding hydrogens is 237 g/mol. The van der Waals surface area contributed by atoms with Gasteiger partial charge in [-0.2, -0.15) is 0 Å². The van der Waals surface area contributed by atoms with Crippen LogP contribution in [0.3, 0.4) is 0 Å². The van der Waals surface area contributed by atoms with Crippen LogP contribution in [0, 0.1) is 6.92 Å². The number of hydrogen-bond donors (Lipinski definition) is 0. The Morgan fingerprint density at radius 2 is 1.79 bits per heavy atom. The molecule has 0 radical (unpaired) electrons. The molecule has 0 spiro atoms. The molecule has 14 heavy (non-hydrogen) atoms. The standard InChI is InChI=1S/C12H11NSe/c1-10-5-7-11(8-6-10)14-12-4-2-3-9-13-12/h2-9H,1H3. The summed E-state index contributed by atoms with van der Waals surface area (Å²) in [6, 6.07) is 14.8. The number of hydrogen-bond acceptors (Lipinski definition) is 1. The van der Waals surface area contributed by atoms with Crippen LogP contribution < -0.4 is 9.05 Å². The van der Waals surface area contributed by atoms with Gasteiger partial charge >= 0.3 is 90.1 Å². The Morgan fingerprint density at radius 3 is 2.43 bits per heavy atom. The predicted octanol–water partition coefficient (Wildman–Crippen LogP) is 1.05. The fraction of sp³-hybridized carbons (Fsp3) is 0.0833. The summed E-state index contributed by atoms with van der Waals surface area (Å²) in [6.07, 6.45) is 1.85. The van der Waals surface area contributed by atoms with Gasteiger partial charge in [-0.1, -0.05) is 0 Å². The molecule has 0 bridgehead atoms. The third kappa shape index (κ3) is 2.44. The zero-order valence-corrected chi connectivity index (χ0v) is 9.69. The fourth-order valence-corrected chi connectivity index (χ4v) is 2.76. The molecule has 2 aromatic rings. The number of benzene rings is 1. The Bertz CT molecular complexity index is 394. The predicted molar refractivity (Wildman–Crippen MR) is 60.4 cm³/mol. The third-order valence-electron chi connectivity index (χ3n) is 1.88. The SMILES string of the molecule is Cc1ccc([Se]c2ccccn2)cc1. The number of aromatic nitrogens is 1. The molecule has 1 nitrogen and oxygen atoms in total. The van der Waals surface area contributed by atoms with Crippen molar-refractivity contribution in [2.75, 3.05) is 0 Å². The van der Waals surface area contributed by atoms with E-state index in [2.05, 4.69) is 42.2 Å². The van der Waals surface area contributed by atoms with Crippen LogP contribution in [0.25, 0.3) is 0 Å². The van der Waals surface area contributed by atoms with Crippen molar-refractivity contribution in [2.24, 2.45) is 0 Å². The second kappa shape index (κ2) is 4.41. The summed E-state index contributed by atoms with van der Waals surface area (Å²) in [7, 11) is 0. The Hall–Kier alpha value is -1.11. The summed E-state index contributed by atoms with van der Waals surface area (Å²) in [5.74, 6) is 0. The van der Waals surface area contributed by atoms with E-state index in [0.717, 1.165) is 0 Å². The van der Waals surface area contributed by atoms with Crippen LogP contribution in [0.5, 0.6) is 0 Å². The number of pyridine rings is 1. The number of nitrogens with zero attached hydrogens (tertiary/aromatic N) is 1. The maximum absolute atomic E-state index is 4.32. The first-order chi connectivity index (χ1) is 6.84.